The summed E-state index contributed by atoms with van der Waals surface area (Å²) in [4.78, 5) is 15.3. The predicted octanol–water partition coefficient (Wildman–Crippen LogP) is 1.60. The first-order valence-electron chi connectivity index (χ1n) is 9.26. The van der Waals surface area contributed by atoms with Crippen molar-refractivity contribution in [3.05, 3.63) is 34.9 Å². The lowest BCUT2D eigenvalue weighted by Crippen LogP contribution is -2.55. The fourth-order valence-corrected chi connectivity index (χ4v) is 3.86. The van der Waals surface area contributed by atoms with Crippen LogP contribution in [0.2, 0.25) is 5.02 Å². The fraction of sp³-hybridized carbons (Fsp3) is 0.632. The van der Waals surface area contributed by atoms with Gasteiger partial charge in [-0.3, -0.25) is 9.69 Å². The van der Waals surface area contributed by atoms with Gasteiger partial charge < -0.3 is 20.1 Å². The van der Waals surface area contributed by atoms with Crippen LogP contribution < -0.4 is 10.6 Å². The number of amides is 1. The number of hydrogen-bond acceptors (Lipinski definition) is 5. The lowest BCUT2D eigenvalue weighted by Gasteiger charge is -2.37. The highest BCUT2D eigenvalue weighted by atomic mass is 35.5. The number of carbonyl (C=O) groups excluding carboxylic acids is 1. The van der Waals surface area contributed by atoms with E-state index in [1.807, 2.05) is 24.3 Å². The largest absolute Gasteiger partial charge is 0.379 e. The van der Waals surface area contributed by atoms with E-state index in [4.69, 9.17) is 21.1 Å². The number of piperidine rings is 1. The Morgan fingerprint density at radius 2 is 1.96 bits per heavy atom. The molecular weight excluding hydrogens is 354 g/mol. The van der Waals surface area contributed by atoms with E-state index in [1.165, 1.54) is 0 Å². The minimum atomic E-state index is -0.721. The molecule has 1 amide bonds. The zero-order valence-corrected chi connectivity index (χ0v) is 16.1. The molecule has 7 heteroatoms. The van der Waals surface area contributed by atoms with Crippen molar-refractivity contribution >= 4 is 17.5 Å². The van der Waals surface area contributed by atoms with E-state index >= 15 is 0 Å². The summed E-state index contributed by atoms with van der Waals surface area (Å²) in [5.41, 5.74) is 0.425. The Labute approximate surface area is 160 Å². The van der Waals surface area contributed by atoms with Crippen LogP contribution in [-0.2, 0) is 14.3 Å². The van der Waals surface area contributed by atoms with Gasteiger partial charge in [0.25, 0.3) is 5.91 Å². The van der Waals surface area contributed by atoms with Gasteiger partial charge in [-0.25, -0.2) is 0 Å². The quantitative estimate of drug-likeness (QED) is 0.783. The van der Waals surface area contributed by atoms with Crippen LogP contribution in [0.1, 0.15) is 24.4 Å². The zero-order valence-electron chi connectivity index (χ0n) is 15.3. The molecule has 0 aromatic heterocycles. The smallest absolute Gasteiger partial charge is 0.252 e. The molecule has 2 heterocycles. The standard InChI is InChI=1S/C19H28ClN3O3/c1-25-19(6-8-21-9-7-19)18(24)22-14-17(23-10-12-26-13-11-23)15-2-4-16(20)5-3-15/h2-5,17,21H,6-14H2,1H3,(H,22,24). The normalized spacial score (nSPS) is 21.9. The minimum absolute atomic E-state index is 0.0197. The molecule has 1 aromatic carbocycles. The molecule has 1 atom stereocenters. The number of ether oxygens (including phenoxy) is 2. The van der Waals surface area contributed by atoms with Gasteiger partial charge in [0.2, 0.25) is 0 Å². The van der Waals surface area contributed by atoms with Gasteiger partial charge in [0.1, 0.15) is 5.60 Å². The molecule has 2 aliphatic heterocycles. The summed E-state index contributed by atoms with van der Waals surface area (Å²) in [5, 5.41) is 7.14. The van der Waals surface area contributed by atoms with E-state index in [0.717, 1.165) is 31.7 Å². The molecule has 3 rings (SSSR count). The average Bonchev–Trinajstić information content (AvgIpc) is 2.70. The van der Waals surface area contributed by atoms with Crippen molar-refractivity contribution < 1.29 is 14.3 Å². The second-order valence-electron chi connectivity index (χ2n) is 6.87. The number of methoxy groups -OCH3 is 1. The minimum Gasteiger partial charge on any atom is -0.379 e. The predicted molar refractivity (Wildman–Crippen MR) is 101 cm³/mol. The Morgan fingerprint density at radius 3 is 2.58 bits per heavy atom. The van der Waals surface area contributed by atoms with Crippen LogP contribution in [0.25, 0.3) is 0 Å². The molecule has 0 aliphatic carbocycles. The molecule has 2 fully saturated rings. The Balaban J connectivity index is 1.70. The number of nitrogens with one attached hydrogen (secondary N) is 2. The van der Waals surface area contributed by atoms with Gasteiger partial charge in [-0.15, -0.1) is 0 Å². The number of hydrogen-bond donors (Lipinski definition) is 2. The third-order valence-electron chi connectivity index (χ3n) is 5.41. The van der Waals surface area contributed by atoms with E-state index in [0.29, 0.717) is 37.6 Å². The number of rotatable bonds is 6. The molecule has 2 N–H and O–H groups in total. The zero-order chi connectivity index (χ0) is 18.4. The number of carbonyl (C=O) groups is 1. The molecular formula is C19H28ClN3O3. The summed E-state index contributed by atoms with van der Waals surface area (Å²) >= 11 is 6.04. The summed E-state index contributed by atoms with van der Waals surface area (Å²) in [6, 6.07) is 7.96. The van der Waals surface area contributed by atoms with Gasteiger partial charge in [-0.05, 0) is 43.6 Å². The molecule has 2 saturated heterocycles. The first-order chi connectivity index (χ1) is 12.6. The van der Waals surface area contributed by atoms with Crippen molar-refractivity contribution in [3.8, 4) is 0 Å². The molecule has 144 valence electrons. The summed E-state index contributed by atoms with van der Waals surface area (Å²) in [6.07, 6.45) is 1.39. The number of benzene rings is 1. The van der Waals surface area contributed by atoms with Crippen LogP contribution in [0, 0.1) is 0 Å². The molecule has 1 unspecified atom stereocenters. The maximum Gasteiger partial charge on any atom is 0.252 e. The Kier molecular flexibility index (Phi) is 6.89. The van der Waals surface area contributed by atoms with Gasteiger partial charge in [-0.1, -0.05) is 23.7 Å². The van der Waals surface area contributed by atoms with Crippen molar-refractivity contribution in [1.29, 1.82) is 0 Å². The van der Waals surface area contributed by atoms with E-state index in [1.54, 1.807) is 7.11 Å². The average molecular weight is 382 g/mol. The molecule has 2 aliphatic rings. The summed E-state index contributed by atoms with van der Waals surface area (Å²) in [7, 11) is 1.63. The molecule has 0 spiro atoms. The Bertz CT molecular complexity index is 584. The molecule has 6 nitrogen and oxygen atoms in total. The Hall–Kier alpha value is -1.18. The molecule has 0 saturated carbocycles. The number of morpholine rings is 1. The lowest BCUT2D eigenvalue weighted by atomic mass is 9.91. The van der Waals surface area contributed by atoms with Gasteiger partial charge in [0, 0.05) is 31.8 Å². The molecule has 0 bridgehead atoms. The van der Waals surface area contributed by atoms with Gasteiger partial charge in [-0.2, -0.15) is 0 Å². The second-order valence-corrected chi connectivity index (χ2v) is 7.31. The third kappa shape index (κ3) is 4.56. The Morgan fingerprint density at radius 1 is 1.31 bits per heavy atom. The fourth-order valence-electron chi connectivity index (χ4n) is 3.74. The SMILES string of the molecule is COC1(C(=O)NCC(c2ccc(Cl)cc2)N2CCOCC2)CCNCC1. The van der Waals surface area contributed by atoms with Gasteiger partial charge in [0.15, 0.2) is 0 Å². The third-order valence-corrected chi connectivity index (χ3v) is 5.66. The molecule has 0 radical (unpaired) electrons. The molecule has 1 aromatic rings. The van der Waals surface area contributed by atoms with E-state index < -0.39 is 5.60 Å². The van der Waals surface area contributed by atoms with Gasteiger partial charge in [0.05, 0.1) is 19.3 Å². The summed E-state index contributed by atoms with van der Waals surface area (Å²) in [5.74, 6) is -0.0197. The first-order valence-corrected chi connectivity index (χ1v) is 9.64. The van der Waals surface area contributed by atoms with Crippen molar-refractivity contribution in [2.45, 2.75) is 24.5 Å². The van der Waals surface area contributed by atoms with Crippen LogP contribution in [0.5, 0.6) is 0 Å². The topological polar surface area (TPSA) is 62.8 Å². The maximum atomic E-state index is 12.9. The highest BCUT2D eigenvalue weighted by Gasteiger charge is 2.40. The monoisotopic (exact) mass is 381 g/mol. The van der Waals surface area contributed by atoms with Crippen molar-refractivity contribution in [3.63, 3.8) is 0 Å². The highest BCUT2D eigenvalue weighted by Crippen LogP contribution is 2.25. The van der Waals surface area contributed by atoms with Crippen LogP contribution >= 0.6 is 11.6 Å². The van der Waals surface area contributed by atoms with E-state index in [2.05, 4.69) is 15.5 Å². The maximum absolute atomic E-state index is 12.9. The van der Waals surface area contributed by atoms with Crippen molar-refractivity contribution in [2.24, 2.45) is 0 Å². The van der Waals surface area contributed by atoms with E-state index in [9.17, 15) is 4.79 Å². The molecule has 26 heavy (non-hydrogen) atoms. The lowest BCUT2D eigenvalue weighted by molar-refractivity contribution is -0.147. The second kappa shape index (κ2) is 9.15. The first kappa shape index (κ1) is 19.6. The number of halogens is 1. The van der Waals surface area contributed by atoms with E-state index in [-0.39, 0.29) is 11.9 Å². The van der Waals surface area contributed by atoms with Crippen LogP contribution in [0.3, 0.4) is 0 Å². The van der Waals surface area contributed by atoms with Crippen LogP contribution in [0.4, 0.5) is 0 Å². The van der Waals surface area contributed by atoms with Gasteiger partial charge >= 0.3 is 0 Å². The number of nitrogens with zero attached hydrogens (tertiary/aromatic N) is 1. The summed E-state index contributed by atoms with van der Waals surface area (Å²) in [6.45, 7) is 5.26. The summed E-state index contributed by atoms with van der Waals surface area (Å²) < 4.78 is 11.1. The van der Waals surface area contributed by atoms with Crippen LogP contribution in [0.15, 0.2) is 24.3 Å². The van der Waals surface area contributed by atoms with Crippen LogP contribution in [-0.4, -0.2) is 69.5 Å². The van der Waals surface area contributed by atoms with Crippen molar-refractivity contribution in [2.75, 3.05) is 53.0 Å². The highest BCUT2D eigenvalue weighted by molar-refractivity contribution is 6.30. The van der Waals surface area contributed by atoms with Crippen molar-refractivity contribution in [1.82, 2.24) is 15.5 Å².